The van der Waals surface area contributed by atoms with E-state index in [0.717, 1.165) is 6.42 Å². The van der Waals surface area contributed by atoms with Gasteiger partial charge < -0.3 is 10.3 Å². The zero-order valence-corrected chi connectivity index (χ0v) is 9.64. The standard InChI is InChI=1S/C10H15N5O/c1-4-6(2)15-5-12-7-8(15)13-10(11)14(3)9(7)16/h5-6H,4H2,1-3H3,(H2,11,13). The Morgan fingerprint density at radius 1 is 1.56 bits per heavy atom. The van der Waals surface area contributed by atoms with Crippen molar-refractivity contribution in [3.63, 3.8) is 0 Å². The summed E-state index contributed by atoms with van der Waals surface area (Å²) >= 11 is 0. The van der Waals surface area contributed by atoms with E-state index < -0.39 is 0 Å². The summed E-state index contributed by atoms with van der Waals surface area (Å²) in [5.41, 5.74) is 6.40. The lowest BCUT2D eigenvalue weighted by atomic mass is 10.2. The molecule has 2 aromatic heterocycles. The SMILES string of the molecule is CCC(C)n1cnc2c(=O)n(C)c(N)nc21. The molecule has 2 rings (SSSR count). The summed E-state index contributed by atoms with van der Waals surface area (Å²) in [4.78, 5) is 20.1. The van der Waals surface area contributed by atoms with E-state index in [1.165, 1.54) is 4.57 Å². The van der Waals surface area contributed by atoms with Crippen LogP contribution in [0.5, 0.6) is 0 Å². The Kier molecular flexibility index (Phi) is 2.41. The summed E-state index contributed by atoms with van der Waals surface area (Å²) < 4.78 is 3.18. The van der Waals surface area contributed by atoms with Gasteiger partial charge in [-0.3, -0.25) is 9.36 Å². The lowest BCUT2D eigenvalue weighted by Gasteiger charge is -2.11. The van der Waals surface area contributed by atoms with E-state index in [9.17, 15) is 4.79 Å². The normalized spacial score (nSPS) is 13.2. The molecule has 0 aromatic carbocycles. The molecule has 2 heterocycles. The minimum atomic E-state index is -0.204. The Morgan fingerprint density at radius 2 is 2.25 bits per heavy atom. The second kappa shape index (κ2) is 3.62. The Morgan fingerprint density at radius 3 is 2.88 bits per heavy atom. The highest BCUT2D eigenvalue weighted by Crippen LogP contribution is 2.16. The number of aromatic nitrogens is 4. The Bertz CT molecular complexity index is 583. The van der Waals surface area contributed by atoms with Crippen LogP contribution in [0.3, 0.4) is 0 Å². The van der Waals surface area contributed by atoms with Gasteiger partial charge in [-0.05, 0) is 13.3 Å². The maximum absolute atomic E-state index is 11.8. The molecule has 2 N–H and O–H groups in total. The molecule has 0 aliphatic heterocycles. The highest BCUT2D eigenvalue weighted by atomic mass is 16.1. The number of nitrogens with zero attached hydrogens (tertiary/aromatic N) is 4. The molecule has 0 saturated heterocycles. The van der Waals surface area contributed by atoms with E-state index in [-0.39, 0.29) is 17.5 Å². The third-order valence-electron chi connectivity index (χ3n) is 2.90. The van der Waals surface area contributed by atoms with Crippen LogP contribution < -0.4 is 11.3 Å². The van der Waals surface area contributed by atoms with Crippen molar-refractivity contribution in [2.75, 3.05) is 5.73 Å². The molecule has 0 radical (unpaired) electrons. The van der Waals surface area contributed by atoms with Crippen molar-refractivity contribution in [1.29, 1.82) is 0 Å². The van der Waals surface area contributed by atoms with Gasteiger partial charge in [0, 0.05) is 13.1 Å². The van der Waals surface area contributed by atoms with Crippen LogP contribution in [0, 0.1) is 0 Å². The molecule has 86 valence electrons. The zero-order chi connectivity index (χ0) is 11.9. The van der Waals surface area contributed by atoms with Crippen molar-refractivity contribution >= 4 is 17.1 Å². The molecule has 0 fully saturated rings. The topological polar surface area (TPSA) is 78.7 Å². The van der Waals surface area contributed by atoms with E-state index in [0.29, 0.717) is 11.2 Å². The molecule has 0 saturated carbocycles. The first-order valence-corrected chi connectivity index (χ1v) is 5.25. The second-order valence-corrected chi connectivity index (χ2v) is 3.92. The Labute approximate surface area is 92.7 Å². The van der Waals surface area contributed by atoms with Gasteiger partial charge in [0.1, 0.15) is 0 Å². The molecule has 1 unspecified atom stereocenters. The van der Waals surface area contributed by atoms with Crippen LogP contribution in [0.4, 0.5) is 5.95 Å². The monoisotopic (exact) mass is 221 g/mol. The number of imidazole rings is 1. The van der Waals surface area contributed by atoms with Gasteiger partial charge in [0.25, 0.3) is 5.56 Å². The fourth-order valence-corrected chi connectivity index (χ4v) is 1.58. The second-order valence-electron chi connectivity index (χ2n) is 3.92. The summed E-state index contributed by atoms with van der Waals surface area (Å²) in [5.74, 6) is 0.211. The predicted octanol–water partition coefficient (Wildman–Crippen LogP) is 0.683. The minimum absolute atomic E-state index is 0.204. The van der Waals surface area contributed by atoms with Gasteiger partial charge in [0.05, 0.1) is 6.33 Å². The van der Waals surface area contributed by atoms with E-state index in [1.807, 2.05) is 4.57 Å². The van der Waals surface area contributed by atoms with E-state index in [1.54, 1.807) is 13.4 Å². The van der Waals surface area contributed by atoms with Gasteiger partial charge in [-0.25, -0.2) is 4.98 Å². The molecule has 0 aliphatic carbocycles. The van der Waals surface area contributed by atoms with E-state index in [2.05, 4.69) is 23.8 Å². The third kappa shape index (κ3) is 1.37. The van der Waals surface area contributed by atoms with Crippen LogP contribution in [-0.2, 0) is 7.05 Å². The molecule has 0 aliphatic rings. The van der Waals surface area contributed by atoms with Crippen molar-refractivity contribution in [3.8, 4) is 0 Å². The van der Waals surface area contributed by atoms with Gasteiger partial charge >= 0.3 is 0 Å². The lowest BCUT2D eigenvalue weighted by Crippen LogP contribution is -2.22. The fourth-order valence-electron chi connectivity index (χ4n) is 1.58. The van der Waals surface area contributed by atoms with Crippen molar-refractivity contribution in [3.05, 3.63) is 16.7 Å². The lowest BCUT2D eigenvalue weighted by molar-refractivity contribution is 0.541. The minimum Gasteiger partial charge on any atom is -0.369 e. The average Bonchev–Trinajstić information content (AvgIpc) is 2.68. The molecule has 0 amide bonds. The van der Waals surface area contributed by atoms with Crippen LogP contribution >= 0.6 is 0 Å². The number of rotatable bonds is 2. The van der Waals surface area contributed by atoms with Crippen molar-refractivity contribution < 1.29 is 0 Å². The number of hydrogen-bond donors (Lipinski definition) is 1. The molecule has 6 heteroatoms. The predicted molar refractivity (Wildman–Crippen MR) is 62.2 cm³/mol. The number of hydrogen-bond acceptors (Lipinski definition) is 4. The summed E-state index contributed by atoms with van der Waals surface area (Å²) in [7, 11) is 1.59. The molecule has 16 heavy (non-hydrogen) atoms. The van der Waals surface area contributed by atoms with Crippen LogP contribution in [0.15, 0.2) is 11.1 Å². The van der Waals surface area contributed by atoms with E-state index >= 15 is 0 Å². The number of nitrogen functional groups attached to an aromatic ring is 1. The maximum atomic E-state index is 11.8. The van der Waals surface area contributed by atoms with Crippen LogP contribution in [0.25, 0.3) is 11.2 Å². The molecule has 6 nitrogen and oxygen atoms in total. The quantitative estimate of drug-likeness (QED) is 0.809. The van der Waals surface area contributed by atoms with Crippen molar-refractivity contribution in [1.82, 2.24) is 19.1 Å². The van der Waals surface area contributed by atoms with Gasteiger partial charge in [0.15, 0.2) is 11.2 Å². The van der Waals surface area contributed by atoms with Gasteiger partial charge in [0.2, 0.25) is 5.95 Å². The summed E-state index contributed by atoms with van der Waals surface area (Å²) in [6, 6.07) is 0.254. The van der Waals surface area contributed by atoms with Crippen LogP contribution in [0.2, 0.25) is 0 Å². The van der Waals surface area contributed by atoms with Gasteiger partial charge in [-0.2, -0.15) is 4.98 Å². The van der Waals surface area contributed by atoms with Gasteiger partial charge in [-0.1, -0.05) is 6.92 Å². The first-order valence-electron chi connectivity index (χ1n) is 5.25. The van der Waals surface area contributed by atoms with E-state index in [4.69, 9.17) is 5.73 Å². The first-order chi connectivity index (χ1) is 7.56. The number of nitrogens with two attached hydrogens (primary N) is 1. The molecule has 0 spiro atoms. The average molecular weight is 221 g/mol. The highest BCUT2D eigenvalue weighted by Gasteiger charge is 2.14. The smallest absolute Gasteiger partial charge is 0.282 e. The zero-order valence-electron chi connectivity index (χ0n) is 9.64. The molecule has 2 aromatic rings. The van der Waals surface area contributed by atoms with Crippen LogP contribution in [0.1, 0.15) is 26.3 Å². The van der Waals surface area contributed by atoms with Crippen molar-refractivity contribution in [2.45, 2.75) is 26.3 Å². The summed E-state index contributed by atoms with van der Waals surface area (Å²) in [5, 5.41) is 0. The Hall–Kier alpha value is -1.85. The third-order valence-corrected chi connectivity index (χ3v) is 2.90. The number of anilines is 1. The van der Waals surface area contributed by atoms with Crippen molar-refractivity contribution in [2.24, 2.45) is 7.05 Å². The number of fused-ring (bicyclic) bond motifs is 1. The Balaban J connectivity index is 2.79. The molecular formula is C10H15N5O. The molecule has 0 bridgehead atoms. The largest absolute Gasteiger partial charge is 0.369 e. The first kappa shape index (κ1) is 10.7. The molecule has 1 atom stereocenters. The molecular weight excluding hydrogens is 206 g/mol. The summed E-state index contributed by atoms with van der Waals surface area (Å²) in [6.45, 7) is 4.12. The fraction of sp³-hybridized carbons (Fsp3) is 0.500. The maximum Gasteiger partial charge on any atom is 0.282 e. The van der Waals surface area contributed by atoms with Gasteiger partial charge in [-0.15, -0.1) is 0 Å². The highest BCUT2D eigenvalue weighted by molar-refractivity contribution is 5.70. The summed E-state index contributed by atoms with van der Waals surface area (Å²) in [6.07, 6.45) is 2.59. The van der Waals surface area contributed by atoms with Crippen LogP contribution in [-0.4, -0.2) is 19.1 Å².